The Hall–Kier alpha value is -0.280. The lowest BCUT2D eigenvalue weighted by Crippen LogP contribution is -2.28. The molecule has 0 aromatic heterocycles. The van der Waals surface area contributed by atoms with Crippen LogP contribution in [0.15, 0.2) is 0 Å². The third kappa shape index (κ3) is 7.07. The van der Waals surface area contributed by atoms with Crippen LogP contribution in [0.1, 0.15) is 39.5 Å². The SMILES string of the molecule is CC(C)CC(=O)OCCC1CCNCC1.Cl. The van der Waals surface area contributed by atoms with Crippen molar-refractivity contribution < 1.29 is 9.53 Å². The molecule has 1 fully saturated rings. The lowest BCUT2D eigenvalue weighted by molar-refractivity contribution is -0.144. The summed E-state index contributed by atoms with van der Waals surface area (Å²) in [5.74, 6) is 1.11. The van der Waals surface area contributed by atoms with Gasteiger partial charge in [-0.05, 0) is 44.2 Å². The summed E-state index contributed by atoms with van der Waals surface area (Å²) >= 11 is 0. The van der Waals surface area contributed by atoms with Gasteiger partial charge in [-0.3, -0.25) is 4.79 Å². The van der Waals surface area contributed by atoms with Gasteiger partial charge in [0.1, 0.15) is 0 Å². The van der Waals surface area contributed by atoms with E-state index in [0.717, 1.165) is 25.4 Å². The van der Waals surface area contributed by atoms with Crippen molar-refractivity contribution in [3.63, 3.8) is 0 Å². The predicted molar refractivity (Wildman–Crippen MR) is 67.9 cm³/mol. The highest BCUT2D eigenvalue weighted by Crippen LogP contribution is 2.15. The average molecular weight is 250 g/mol. The van der Waals surface area contributed by atoms with Crippen molar-refractivity contribution in [2.45, 2.75) is 39.5 Å². The maximum Gasteiger partial charge on any atom is 0.306 e. The molecule has 0 atom stereocenters. The lowest BCUT2D eigenvalue weighted by Gasteiger charge is -2.22. The van der Waals surface area contributed by atoms with E-state index in [1.807, 2.05) is 13.8 Å². The van der Waals surface area contributed by atoms with Gasteiger partial charge in [-0.15, -0.1) is 12.4 Å². The Bertz CT molecular complexity index is 191. The second kappa shape index (κ2) is 8.82. The molecular weight excluding hydrogens is 226 g/mol. The first-order chi connectivity index (χ1) is 7.18. The third-order valence-corrected chi connectivity index (χ3v) is 2.82. The molecule has 16 heavy (non-hydrogen) atoms. The number of ether oxygens (including phenoxy) is 1. The number of nitrogens with one attached hydrogen (secondary N) is 1. The van der Waals surface area contributed by atoms with Gasteiger partial charge in [0, 0.05) is 6.42 Å². The molecule has 0 spiro atoms. The van der Waals surface area contributed by atoms with Crippen LogP contribution in [0, 0.1) is 11.8 Å². The summed E-state index contributed by atoms with van der Waals surface area (Å²) in [6.45, 7) is 6.91. The van der Waals surface area contributed by atoms with Gasteiger partial charge in [0.05, 0.1) is 6.61 Å². The monoisotopic (exact) mass is 249 g/mol. The van der Waals surface area contributed by atoms with E-state index in [9.17, 15) is 4.79 Å². The van der Waals surface area contributed by atoms with Crippen molar-refractivity contribution in [2.24, 2.45) is 11.8 Å². The minimum Gasteiger partial charge on any atom is -0.466 e. The summed E-state index contributed by atoms with van der Waals surface area (Å²) in [5.41, 5.74) is 0. The van der Waals surface area contributed by atoms with Crippen molar-refractivity contribution in [3.05, 3.63) is 0 Å². The Kier molecular flexibility index (Phi) is 8.67. The molecule has 1 aliphatic heterocycles. The molecule has 0 amide bonds. The van der Waals surface area contributed by atoms with Crippen LogP contribution in [-0.4, -0.2) is 25.7 Å². The van der Waals surface area contributed by atoms with E-state index in [2.05, 4.69) is 5.32 Å². The van der Waals surface area contributed by atoms with Crippen molar-refractivity contribution >= 4 is 18.4 Å². The smallest absolute Gasteiger partial charge is 0.306 e. The summed E-state index contributed by atoms with van der Waals surface area (Å²) in [6.07, 6.45) is 4.03. The van der Waals surface area contributed by atoms with Crippen molar-refractivity contribution in [2.75, 3.05) is 19.7 Å². The fourth-order valence-corrected chi connectivity index (χ4v) is 1.90. The fraction of sp³-hybridized carbons (Fsp3) is 0.917. The summed E-state index contributed by atoms with van der Waals surface area (Å²) in [7, 11) is 0. The number of carbonyl (C=O) groups excluding carboxylic acids is 1. The molecule has 0 unspecified atom stereocenters. The number of hydrogen-bond donors (Lipinski definition) is 1. The van der Waals surface area contributed by atoms with Crippen LogP contribution in [0.3, 0.4) is 0 Å². The van der Waals surface area contributed by atoms with E-state index in [-0.39, 0.29) is 18.4 Å². The summed E-state index contributed by atoms with van der Waals surface area (Å²) in [4.78, 5) is 11.3. The van der Waals surface area contributed by atoms with Gasteiger partial charge in [0.15, 0.2) is 0 Å². The first-order valence-corrected chi connectivity index (χ1v) is 6.05. The zero-order chi connectivity index (χ0) is 11.1. The van der Waals surface area contributed by atoms with Crippen LogP contribution < -0.4 is 5.32 Å². The molecule has 3 nitrogen and oxygen atoms in total. The van der Waals surface area contributed by atoms with Crippen LogP contribution in [0.2, 0.25) is 0 Å². The Morgan fingerprint density at radius 1 is 1.38 bits per heavy atom. The minimum atomic E-state index is -0.0427. The molecule has 0 aromatic carbocycles. The van der Waals surface area contributed by atoms with Gasteiger partial charge < -0.3 is 10.1 Å². The van der Waals surface area contributed by atoms with Crippen molar-refractivity contribution in [3.8, 4) is 0 Å². The predicted octanol–water partition coefficient (Wildman–Crippen LogP) is 2.39. The largest absolute Gasteiger partial charge is 0.466 e. The first-order valence-electron chi connectivity index (χ1n) is 6.05. The Morgan fingerprint density at radius 2 is 2.00 bits per heavy atom. The van der Waals surface area contributed by atoms with Crippen molar-refractivity contribution in [1.29, 1.82) is 0 Å². The third-order valence-electron chi connectivity index (χ3n) is 2.82. The minimum absolute atomic E-state index is 0. The summed E-state index contributed by atoms with van der Waals surface area (Å²) < 4.78 is 5.20. The standard InChI is InChI=1S/C12H23NO2.ClH/c1-10(2)9-12(14)15-8-5-11-3-6-13-7-4-11;/h10-11,13H,3-9H2,1-2H3;1H. The van der Waals surface area contributed by atoms with Gasteiger partial charge >= 0.3 is 5.97 Å². The fourth-order valence-electron chi connectivity index (χ4n) is 1.90. The normalized spacial score (nSPS) is 16.9. The Morgan fingerprint density at radius 3 is 2.56 bits per heavy atom. The van der Waals surface area contributed by atoms with Crippen LogP contribution in [-0.2, 0) is 9.53 Å². The Labute approximate surface area is 105 Å². The maximum absolute atomic E-state index is 11.3. The molecule has 4 heteroatoms. The molecule has 0 radical (unpaired) electrons. The lowest BCUT2D eigenvalue weighted by atomic mass is 9.95. The van der Waals surface area contributed by atoms with E-state index in [1.165, 1.54) is 12.8 Å². The molecule has 0 saturated carbocycles. The molecule has 0 bridgehead atoms. The van der Waals surface area contributed by atoms with Gasteiger partial charge in [-0.1, -0.05) is 13.8 Å². The second-order valence-electron chi connectivity index (χ2n) is 4.80. The second-order valence-corrected chi connectivity index (χ2v) is 4.80. The Balaban J connectivity index is 0.00000225. The van der Waals surface area contributed by atoms with Gasteiger partial charge in [-0.25, -0.2) is 0 Å². The topological polar surface area (TPSA) is 38.3 Å². The average Bonchev–Trinajstić information content (AvgIpc) is 2.18. The van der Waals surface area contributed by atoms with Crippen molar-refractivity contribution in [1.82, 2.24) is 5.32 Å². The number of piperidine rings is 1. The van der Waals surface area contributed by atoms with E-state index < -0.39 is 0 Å². The molecule has 1 aliphatic rings. The van der Waals surface area contributed by atoms with E-state index in [4.69, 9.17) is 4.74 Å². The van der Waals surface area contributed by atoms with Crippen LogP contribution in [0.25, 0.3) is 0 Å². The van der Waals surface area contributed by atoms with Gasteiger partial charge in [-0.2, -0.15) is 0 Å². The highest BCUT2D eigenvalue weighted by atomic mass is 35.5. The number of rotatable bonds is 5. The van der Waals surface area contributed by atoms with Crippen LogP contribution in [0.4, 0.5) is 0 Å². The zero-order valence-electron chi connectivity index (χ0n) is 10.3. The quantitative estimate of drug-likeness (QED) is 0.761. The molecule has 1 saturated heterocycles. The summed E-state index contributed by atoms with van der Waals surface area (Å²) in [6, 6.07) is 0. The highest BCUT2D eigenvalue weighted by molar-refractivity contribution is 5.85. The van der Waals surface area contributed by atoms with E-state index >= 15 is 0 Å². The molecule has 1 N–H and O–H groups in total. The number of halogens is 1. The summed E-state index contributed by atoms with van der Waals surface area (Å²) in [5, 5.41) is 3.33. The highest BCUT2D eigenvalue weighted by Gasteiger charge is 2.13. The molecule has 0 aliphatic carbocycles. The number of carbonyl (C=O) groups is 1. The first kappa shape index (κ1) is 15.7. The molecule has 96 valence electrons. The van der Waals surface area contributed by atoms with Gasteiger partial charge in [0.2, 0.25) is 0 Å². The van der Waals surface area contributed by atoms with Crippen LogP contribution >= 0.6 is 12.4 Å². The molecule has 0 aromatic rings. The van der Waals surface area contributed by atoms with E-state index in [0.29, 0.717) is 18.9 Å². The van der Waals surface area contributed by atoms with Crippen LogP contribution in [0.5, 0.6) is 0 Å². The molecular formula is C12H24ClNO2. The maximum atomic E-state index is 11.3. The van der Waals surface area contributed by atoms with Gasteiger partial charge in [0.25, 0.3) is 0 Å². The van der Waals surface area contributed by atoms with E-state index in [1.54, 1.807) is 0 Å². The number of esters is 1. The molecule has 1 heterocycles. The number of hydrogen-bond acceptors (Lipinski definition) is 3. The molecule has 1 rings (SSSR count). The zero-order valence-corrected chi connectivity index (χ0v) is 11.1.